The van der Waals surface area contributed by atoms with Gasteiger partial charge in [0.1, 0.15) is 6.10 Å². The van der Waals surface area contributed by atoms with Gasteiger partial charge in [0, 0.05) is 26.4 Å². The summed E-state index contributed by atoms with van der Waals surface area (Å²) in [6.45, 7) is 2.24. The second-order valence-electron chi connectivity index (χ2n) is 10.2. The Morgan fingerprint density at radius 3 is 2.58 bits per heavy atom. The first kappa shape index (κ1) is 30.3. The molecular weight excluding hydrogens is 458 g/mol. The monoisotopic (exact) mass is 505 g/mol. The molecule has 1 aliphatic heterocycles. The van der Waals surface area contributed by atoms with Crippen LogP contribution in [-0.2, 0) is 28.5 Å². The van der Waals surface area contributed by atoms with Crippen molar-refractivity contribution in [3.05, 3.63) is 12.2 Å². The largest absolute Gasteiger partial charge is 0.469 e. The molecule has 0 N–H and O–H groups in total. The van der Waals surface area contributed by atoms with Crippen molar-refractivity contribution in [2.24, 2.45) is 11.8 Å². The van der Waals surface area contributed by atoms with Gasteiger partial charge in [0.05, 0.1) is 19.3 Å². The zero-order chi connectivity index (χ0) is 26.0. The maximum Gasteiger partial charge on any atom is 0.305 e. The molecule has 0 bridgehead atoms. The molecule has 0 amide bonds. The van der Waals surface area contributed by atoms with Crippen molar-refractivity contribution in [3.63, 3.8) is 0 Å². The Morgan fingerprint density at radius 2 is 1.86 bits per heavy atom. The van der Waals surface area contributed by atoms with E-state index in [9.17, 15) is 9.59 Å². The summed E-state index contributed by atoms with van der Waals surface area (Å²) in [6, 6.07) is 2.18. The molecule has 0 radical (unpaired) electrons. The number of carbonyl (C=O) groups is 2. The van der Waals surface area contributed by atoms with Gasteiger partial charge in [-0.2, -0.15) is 5.26 Å². The molecule has 0 spiro atoms. The van der Waals surface area contributed by atoms with Crippen LogP contribution in [0, 0.1) is 23.2 Å². The van der Waals surface area contributed by atoms with E-state index in [1.165, 1.54) is 14.0 Å². The van der Waals surface area contributed by atoms with Crippen molar-refractivity contribution in [2.45, 2.75) is 128 Å². The number of nitriles is 1. The summed E-state index contributed by atoms with van der Waals surface area (Å²) in [6.07, 6.45) is 19.4. The van der Waals surface area contributed by atoms with E-state index in [1.807, 2.05) is 0 Å². The summed E-state index contributed by atoms with van der Waals surface area (Å²) >= 11 is 0. The average molecular weight is 506 g/mol. The van der Waals surface area contributed by atoms with E-state index in [1.54, 1.807) is 0 Å². The topological polar surface area (TPSA) is 94.9 Å². The van der Waals surface area contributed by atoms with Crippen molar-refractivity contribution in [2.75, 3.05) is 13.7 Å². The SMILES string of the molecule is COC(=O)CCCCCC[C@H]1C(OC2CCCCO2)CC[C@@H]1/C=C/C(CCCCCC#N)OC(C)=O. The van der Waals surface area contributed by atoms with E-state index in [-0.39, 0.29) is 30.4 Å². The molecule has 1 aliphatic carbocycles. The number of hydrogen-bond donors (Lipinski definition) is 0. The van der Waals surface area contributed by atoms with E-state index < -0.39 is 0 Å². The quantitative estimate of drug-likeness (QED) is 0.128. The van der Waals surface area contributed by atoms with Crippen LogP contribution in [0.5, 0.6) is 0 Å². The van der Waals surface area contributed by atoms with Gasteiger partial charge in [-0.1, -0.05) is 31.8 Å². The first-order chi connectivity index (χ1) is 17.5. The molecule has 7 heteroatoms. The third-order valence-electron chi connectivity index (χ3n) is 7.34. The molecule has 2 rings (SSSR count). The van der Waals surface area contributed by atoms with Crippen LogP contribution in [0.1, 0.15) is 110 Å². The highest BCUT2D eigenvalue weighted by Gasteiger charge is 2.37. The summed E-state index contributed by atoms with van der Waals surface area (Å²) in [5, 5.41) is 8.72. The Hall–Kier alpha value is -1.91. The Kier molecular flexibility index (Phi) is 15.5. The van der Waals surface area contributed by atoms with Gasteiger partial charge in [0.2, 0.25) is 0 Å². The molecule has 5 atom stereocenters. The van der Waals surface area contributed by atoms with Crippen LogP contribution in [0.15, 0.2) is 12.2 Å². The zero-order valence-electron chi connectivity index (χ0n) is 22.5. The first-order valence-electron chi connectivity index (χ1n) is 14.1. The van der Waals surface area contributed by atoms with Gasteiger partial charge in [-0.25, -0.2) is 0 Å². The molecule has 3 unspecified atom stereocenters. The highest BCUT2D eigenvalue weighted by molar-refractivity contribution is 5.69. The second kappa shape index (κ2) is 18.4. The minimum atomic E-state index is -0.257. The lowest BCUT2D eigenvalue weighted by Crippen LogP contribution is -2.31. The minimum absolute atomic E-state index is 0.0868. The van der Waals surface area contributed by atoms with Crippen molar-refractivity contribution in [1.29, 1.82) is 5.26 Å². The third kappa shape index (κ3) is 12.4. The molecule has 7 nitrogen and oxygen atoms in total. The number of esters is 2. The predicted molar refractivity (Wildman–Crippen MR) is 138 cm³/mol. The number of ether oxygens (including phenoxy) is 4. The molecule has 1 saturated heterocycles. The van der Waals surface area contributed by atoms with Gasteiger partial charge in [-0.3, -0.25) is 9.59 Å². The number of unbranched alkanes of at least 4 members (excludes halogenated alkanes) is 6. The van der Waals surface area contributed by atoms with E-state index in [2.05, 4.69) is 18.2 Å². The van der Waals surface area contributed by atoms with Crippen molar-refractivity contribution < 1.29 is 28.5 Å². The van der Waals surface area contributed by atoms with Crippen molar-refractivity contribution in [1.82, 2.24) is 0 Å². The Morgan fingerprint density at radius 1 is 1.06 bits per heavy atom. The third-order valence-corrected chi connectivity index (χ3v) is 7.34. The van der Waals surface area contributed by atoms with Crippen molar-refractivity contribution >= 4 is 11.9 Å². The van der Waals surface area contributed by atoms with E-state index in [0.29, 0.717) is 24.7 Å². The fraction of sp³-hybridized carbons (Fsp3) is 0.828. The first-order valence-corrected chi connectivity index (χ1v) is 14.1. The Balaban J connectivity index is 1.92. The van der Waals surface area contributed by atoms with E-state index >= 15 is 0 Å². The van der Waals surface area contributed by atoms with Crippen LogP contribution in [0.25, 0.3) is 0 Å². The van der Waals surface area contributed by atoms with Crippen LogP contribution < -0.4 is 0 Å². The molecule has 2 fully saturated rings. The maximum atomic E-state index is 11.7. The molecule has 36 heavy (non-hydrogen) atoms. The van der Waals surface area contributed by atoms with E-state index in [0.717, 1.165) is 96.5 Å². The molecule has 2 aliphatic rings. The highest BCUT2D eigenvalue weighted by atomic mass is 16.7. The molecule has 1 saturated carbocycles. The number of allylic oxidation sites excluding steroid dienone is 1. The Labute approximate surface area is 217 Å². The van der Waals surface area contributed by atoms with Crippen LogP contribution in [0.2, 0.25) is 0 Å². The van der Waals surface area contributed by atoms with Gasteiger partial charge in [-0.15, -0.1) is 0 Å². The minimum Gasteiger partial charge on any atom is -0.469 e. The van der Waals surface area contributed by atoms with E-state index in [4.69, 9.17) is 24.2 Å². The summed E-state index contributed by atoms with van der Waals surface area (Å²) in [5.74, 6) is 0.419. The van der Waals surface area contributed by atoms with Gasteiger partial charge < -0.3 is 18.9 Å². The lowest BCUT2D eigenvalue weighted by Gasteiger charge is -2.30. The zero-order valence-corrected chi connectivity index (χ0v) is 22.5. The predicted octanol–water partition coefficient (Wildman–Crippen LogP) is 6.40. The molecule has 1 heterocycles. The summed E-state index contributed by atoms with van der Waals surface area (Å²) in [7, 11) is 1.44. The summed E-state index contributed by atoms with van der Waals surface area (Å²) in [5.41, 5.74) is 0. The van der Waals surface area contributed by atoms with Gasteiger partial charge >= 0.3 is 11.9 Å². The number of rotatable bonds is 17. The summed E-state index contributed by atoms with van der Waals surface area (Å²) < 4.78 is 22.6. The van der Waals surface area contributed by atoms with Crippen LogP contribution >= 0.6 is 0 Å². The van der Waals surface area contributed by atoms with Gasteiger partial charge in [0.25, 0.3) is 0 Å². The smallest absolute Gasteiger partial charge is 0.305 e. The molecular formula is C29H47NO6. The lowest BCUT2D eigenvalue weighted by atomic mass is 9.88. The van der Waals surface area contributed by atoms with Gasteiger partial charge in [-0.05, 0) is 82.1 Å². The average Bonchev–Trinajstić information content (AvgIpc) is 3.25. The standard InChI is InChI=1S/C29H47NO6/c1-23(31)35-25(13-7-5-6-11-21-30)19-17-24-18-20-27(36-29-16-10-12-22-34-29)26(24)14-8-3-4-9-15-28(32)33-2/h17,19,24-27,29H,3-16,18,20,22H2,1-2H3/b19-17+/t24-,25?,26+,27?,29?/m0/s1. The van der Waals surface area contributed by atoms with Crippen molar-refractivity contribution in [3.8, 4) is 6.07 Å². The number of carbonyl (C=O) groups excluding carboxylic acids is 2. The second-order valence-corrected chi connectivity index (χ2v) is 10.2. The molecule has 0 aromatic carbocycles. The van der Waals surface area contributed by atoms with Crippen LogP contribution in [0.4, 0.5) is 0 Å². The normalized spacial score (nSPS) is 24.9. The molecule has 204 valence electrons. The summed E-state index contributed by atoms with van der Waals surface area (Å²) in [4.78, 5) is 23.0. The maximum absolute atomic E-state index is 11.7. The van der Waals surface area contributed by atoms with Crippen LogP contribution in [-0.4, -0.2) is 44.2 Å². The fourth-order valence-electron chi connectivity index (χ4n) is 5.39. The van der Waals surface area contributed by atoms with Gasteiger partial charge in [0.15, 0.2) is 6.29 Å². The van der Waals surface area contributed by atoms with Crippen LogP contribution in [0.3, 0.4) is 0 Å². The number of methoxy groups -OCH3 is 1. The lowest BCUT2D eigenvalue weighted by molar-refractivity contribution is -0.195. The molecule has 0 aromatic heterocycles. The fourth-order valence-corrected chi connectivity index (χ4v) is 5.39. The number of hydrogen-bond acceptors (Lipinski definition) is 7. The highest BCUT2D eigenvalue weighted by Crippen LogP contribution is 2.40. The Bertz CT molecular complexity index is 696. The molecule has 0 aromatic rings. The number of nitrogens with zero attached hydrogens (tertiary/aromatic N) is 1.